The first-order valence-corrected chi connectivity index (χ1v) is 10.7. The van der Waals surface area contributed by atoms with Gasteiger partial charge >= 0.3 is 0 Å². The van der Waals surface area contributed by atoms with Gasteiger partial charge in [-0.15, -0.1) is 0 Å². The number of amides is 2. The number of rotatable bonds is 7. The monoisotopic (exact) mass is 493 g/mol. The Morgan fingerprint density at radius 3 is 2.63 bits per heavy atom. The van der Waals surface area contributed by atoms with Crippen LogP contribution in [0.5, 0.6) is 23.0 Å². The number of ether oxygens (including phenoxy) is 3. The van der Waals surface area contributed by atoms with E-state index < -0.39 is 11.8 Å². The molecule has 0 saturated carbocycles. The molecule has 10 heteroatoms. The molecule has 3 N–H and O–H groups in total. The molecular weight excluding hydrogens is 474 g/mol. The van der Waals surface area contributed by atoms with Gasteiger partial charge in [-0.3, -0.25) is 9.59 Å². The van der Waals surface area contributed by atoms with Gasteiger partial charge in [0.15, 0.2) is 23.0 Å². The number of phenols is 1. The van der Waals surface area contributed by atoms with E-state index in [2.05, 4.69) is 15.8 Å². The van der Waals surface area contributed by atoms with Crippen LogP contribution in [0.25, 0.3) is 6.08 Å². The first-order chi connectivity index (χ1) is 16.9. The molecule has 3 aromatic carbocycles. The number of nitrogens with zero attached hydrogens (tertiary/aromatic N) is 1. The van der Waals surface area contributed by atoms with E-state index in [4.69, 9.17) is 25.8 Å². The molecule has 3 aromatic rings. The summed E-state index contributed by atoms with van der Waals surface area (Å²) in [7, 11) is 1.39. The van der Waals surface area contributed by atoms with Crippen LogP contribution in [0, 0.1) is 0 Å². The number of phenolic OH excluding ortho intramolecular Hbond substituents is 1. The number of benzene rings is 3. The molecule has 0 radical (unpaired) electrons. The van der Waals surface area contributed by atoms with Crippen molar-refractivity contribution in [2.24, 2.45) is 5.10 Å². The molecule has 35 heavy (non-hydrogen) atoms. The van der Waals surface area contributed by atoms with Crippen LogP contribution in [0.4, 0.5) is 0 Å². The molecule has 0 bridgehead atoms. The van der Waals surface area contributed by atoms with Crippen molar-refractivity contribution in [2.45, 2.75) is 0 Å². The molecule has 0 atom stereocenters. The van der Waals surface area contributed by atoms with Gasteiger partial charge < -0.3 is 24.6 Å². The second-order valence-electron chi connectivity index (χ2n) is 7.24. The van der Waals surface area contributed by atoms with Gasteiger partial charge in [-0.25, -0.2) is 5.43 Å². The number of methoxy groups -OCH3 is 1. The van der Waals surface area contributed by atoms with E-state index >= 15 is 0 Å². The Morgan fingerprint density at radius 2 is 1.86 bits per heavy atom. The molecule has 0 unspecified atom stereocenters. The Labute approximate surface area is 205 Å². The van der Waals surface area contributed by atoms with E-state index in [-0.39, 0.29) is 29.6 Å². The van der Waals surface area contributed by atoms with Crippen molar-refractivity contribution in [2.75, 3.05) is 13.9 Å². The fraction of sp³-hybridized carbons (Fsp3) is 0.0800. The van der Waals surface area contributed by atoms with Crippen LogP contribution in [0.2, 0.25) is 5.02 Å². The summed E-state index contributed by atoms with van der Waals surface area (Å²) in [5.41, 5.74) is 3.46. The van der Waals surface area contributed by atoms with Gasteiger partial charge in [0.1, 0.15) is 5.70 Å². The van der Waals surface area contributed by atoms with E-state index in [0.717, 1.165) is 0 Å². The van der Waals surface area contributed by atoms with Crippen molar-refractivity contribution in [1.82, 2.24) is 10.7 Å². The first kappa shape index (κ1) is 23.7. The number of aromatic hydroxyl groups is 1. The molecule has 0 fully saturated rings. The summed E-state index contributed by atoms with van der Waals surface area (Å²) in [6, 6.07) is 16.5. The lowest BCUT2D eigenvalue weighted by molar-refractivity contribution is -0.117. The zero-order valence-corrected chi connectivity index (χ0v) is 19.2. The number of hydrogen-bond acceptors (Lipinski definition) is 7. The molecule has 0 aliphatic carbocycles. The molecule has 0 saturated heterocycles. The molecular formula is C25H20ClN3O6. The summed E-state index contributed by atoms with van der Waals surface area (Å²) in [4.78, 5) is 25.6. The summed E-state index contributed by atoms with van der Waals surface area (Å²) in [6.45, 7) is 0.108. The van der Waals surface area contributed by atoms with Crippen molar-refractivity contribution in [3.63, 3.8) is 0 Å². The summed E-state index contributed by atoms with van der Waals surface area (Å²) >= 11 is 6.02. The highest BCUT2D eigenvalue weighted by atomic mass is 35.5. The fourth-order valence-electron chi connectivity index (χ4n) is 3.18. The predicted octanol–water partition coefficient (Wildman–Crippen LogP) is 3.70. The molecule has 0 aromatic heterocycles. The Kier molecular flexibility index (Phi) is 7.18. The van der Waals surface area contributed by atoms with Crippen molar-refractivity contribution in [3.05, 3.63) is 88.1 Å². The molecule has 0 spiro atoms. The Bertz CT molecular complexity index is 1320. The number of nitrogens with one attached hydrogen (secondary N) is 2. The van der Waals surface area contributed by atoms with E-state index in [1.54, 1.807) is 48.5 Å². The Morgan fingerprint density at radius 1 is 1.09 bits per heavy atom. The highest BCUT2D eigenvalue weighted by molar-refractivity contribution is 6.31. The Hall–Kier alpha value is -4.50. The zero-order valence-electron chi connectivity index (χ0n) is 18.4. The van der Waals surface area contributed by atoms with Crippen molar-refractivity contribution in [3.8, 4) is 23.0 Å². The molecule has 1 aliphatic heterocycles. The third-order valence-electron chi connectivity index (χ3n) is 4.90. The van der Waals surface area contributed by atoms with Gasteiger partial charge in [0, 0.05) is 22.2 Å². The predicted molar refractivity (Wildman–Crippen MR) is 130 cm³/mol. The van der Waals surface area contributed by atoms with Gasteiger partial charge in [-0.1, -0.05) is 35.9 Å². The normalized spacial score (nSPS) is 12.5. The molecule has 2 amide bonds. The molecule has 1 heterocycles. The minimum absolute atomic E-state index is 0.0669. The fourth-order valence-corrected chi connectivity index (χ4v) is 3.40. The van der Waals surface area contributed by atoms with Gasteiger partial charge in [0.2, 0.25) is 6.79 Å². The van der Waals surface area contributed by atoms with Crippen LogP contribution in [-0.4, -0.2) is 37.0 Å². The summed E-state index contributed by atoms with van der Waals surface area (Å²) < 4.78 is 15.7. The third-order valence-corrected chi connectivity index (χ3v) is 5.11. The Balaban J connectivity index is 1.58. The topological polar surface area (TPSA) is 118 Å². The number of halogens is 1. The maximum atomic E-state index is 12.9. The number of hydrogen-bond donors (Lipinski definition) is 3. The second-order valence-corrected chi connectivity index (χ2v) is 7.67. The number of carbonyl (C=O) groups excluding carboxylic acids is 2. The summed E-state index contributed by atoms with van der Waals surface area (Å²) in [5.74, 6) is -0.100. The largest absolute Gasteiger partial charge is 0.504 e. The van der Waals surface area contributed by atoms with Crippen molar-refractivity contribution < 1.29 is 28.9 Å². The molecule has 178 valence electrons. The first-order valence-electron chi connectivity index (χ1n) is 10.3. The minimum atomic E-state index is -0.698. The van der Waals surface area contributed by atoms with Gasteiger partial charge in [-0.2, -0.15) is 5.10 Å². The van der Waals surface area contributed by atoms with Gasteiger partial charge in [0.05, 0.1) is 13.3 Å². The van der Waals surface area contributed by atoms with E-state index in [0.29, 0.717) is 27.6 Å². The van der Waals surface area contributed by atoms with Crippen LogP contribution in [0.15, 0.2) is 71.5 Å². The van der Waals surface area contributed by atoms with Crippen LogP contribution < -0.4 is 25.0 Å². The average molecular weight is 494 g/mol. The highest BCUT2D eigenvalue weighted by Crippen LogP contribution is 2.33. The maximum Gasteiger partial charge on any atom is 0.287 e. The lowest BCUT2D eigenvalue weighted by Gasteiger charge is -2.10. The van der Waals surface area contributed by atoms with Crippen LogP contribution in [0.3, 0.4) is 0 Å². The highest BCUT2D eigenvalue weighted by Gasteiger charge is 2.17. The summed E-state index contributed by atoms with van der Waals surface area (Å²) in [5, 5.41) is 17.0. The molecule has 4 rings (SSSR count). The van der Waals surface area contributed by atoms with Crippen LogP contribution >= 0.6 is 11.6 Å². The van der Waals surface area contributed by atoms with E-state index in [1.807, 2.05) is 0 Å². The van der Waals surface area contributed by atoms with Gasteiger partial charge in [0.25, 0.3) is 11.8 Å². The van der Waals surface area contributed by atoms with Crippen LogP contribution in [0.1, 0.15) is 21.5 Å². The van der Waals surface area contributed by atoms with Crippen molar-refractivity contribution in [1.29, 1.82) is 0 Å². The number of hydrazone groups is 1. The van der Waals surface area contributed by atoms with Gasteiger partial charge in [-0.05, 0) is 42.0 Å². The number of fused-ring (bicyclic) bond motifs is 1. The van der Waals surface area contributed by atoms with Crippen LogP contribution in [-0.2, 0) is 4.79 Å². The molecule has 1 aliphatic rings. The number of carbonyl (C=O) groups is 2. The van der Waals surface area contributed by atoms with E-state index in [9.17, 15) is 14.7 Å². The lowest BCUT2D eigenvalue weighted by atomic mass is 10.1. The molecule has 9 nitrogen and oxygen atoms in total. The zero-order chi connectivity index (χ0) is 24.8. The second kappa shape index (κ2) is 10.6. The van der Waals surface area contributed by atoms with Crippen molar-refractivity contribution >= 4 is 35.7 Å². The quantitative estimate of drug-likeness (QED) is 0.262. The minimum Gasteiger partial charge on any atom is -0.504 e. The average Bonchev–Trinajstić information content (AvgIpc) is 3.33. The standard InChI is InChI=1S/C25H20ClN3O6/c1-33-22-12-18(26)11-17(23(22)30)13-27-29-25(32)19(28-24(31)16-5-3-2-4-6-16)9-15-7-8-20-21(10-15)35-14-34-20/h2-13,30H,14H2,1H3,(H,28,31)(H,29,32)/b19-9?,27-13+. The smallest absolute Gasteiger partial charge is 0.287 e. The third kappa shape index (κ3) is 5.71. The van der Waals surface area contributed by atoms with E-state index in [1.165, 1.54) is 31.5 Å². The SMILES string of the molecule is COc1cc(Cl)cc(/C=N/NC(=O)C(=Cc2ccc3c(c2)OCO3)NC(=O)c2ccccc2)c1O. The maximum absolute atomic E-state index is 12.9. The lowest BCUT2D eigenvalue weighted by Crippen LogP contribution is -2.32. The summed E-state index contributed by atoms with van der Waals surface area (Å²) in [6.07, 6.45) is 2.69.